The molecule has 1 amide bonds. The summed E-state index contributed by atoms with van der Waals surface area (Å²) in [5, 5.41) is 14.1. The van der Waals surface area contributed by atoms with Gasteiger partial charge in [-0.15, -0.1) is 11.8 Å². The minimum Gasteiger partial charge on any atom is -0.493 e. The summed E-state index contributed by atoms with van der Waals surface area (Å²) in [7, 11) is 3.11. The highest BCUT2D eigenvalue weighted by molar-refractivity contribution is 8.08. The van der Waals surface area contributed by atoms with Gasteiger partial charge in [0.1, 0.15) is 4.93 Å². The molecule has 4 rings (SSSR count). The van der Waals surface area contributed by atoms with Gasteiger partial charge in [0.25, 0.3) is 5.91 Å². The SMILES string of the molecule is COc1cc2cc(c1OC)OCC[C@H]1S[C@]1(O)CCN1CCCN(CCCNC2=O)CC1. The number of carbonyl (C=O) groups is 1. The number of amides is 1. The van der Waals surface area contributed by atoms with E-state index in [0.717, 1.165) is 65.0 Å². The molecule has 4 atom stereocenters. The maximum Gasteiger partial charge on any atom is 0.251 e. The Morgan fingerprint density at radius 2 is 1.84 bits per heavy atom. The van der Waals surface area contributed by atoms with Gasteiger partial charge in [0.05, 0.1) is 20.8 Å². The molecule has 2 unspecified atom stereocenters. The Bertz CT molecular complexity index is 810. The molecule has 2 fully saturated rings. The second kappa shape index (κ2) is 10.5. The van der Waals surface area contributed by atoms with Crippen LogP contribution in [0.4, 0.5) is 0 Å². The quantitative estimate of drug-likeness (QED) is 0.640. The van der Waals surface area contributed by atoms with Crippen LogP contribution in [-0.2, 0) is 0 Å². The number of nitrogens with zero attached hydrogens (tertiary/aromatic N) is 2. The van der Waals surface area contributed by atoms with E-state index in [1.807, 2.05) is 0 Å². The lowest BCUT2D eigenvalue weighted by atomic mass is 10.1. The van der Waals surface area contributed by atoms with Crippen molar-refractivity contribution in [1.29, 1.82) is 0 Å². The van der Waals surface area contributed by atoms with Crippen LogP contribution in [0, 0.1) is 0 Å². The number of hydrogen-bond acceptors (Lipinski definition) is 8. The fourth-order valence-electron chi connectivity index (χ4n) is 4.56. The fourth-order valence-corrected chi connectivity index (χ4v) is 5.64. The summed E-state index contributed by atoms with van der Waals surface area (Å²) in [6.45, 7) is 7.19. The molecule has 2 N–H and O–H groups in total. The van der Waals surface area contributed by atoms with Crippen molar-refractivity contribution in [3.05, 3.63) is 17.7 Å². The lowest BCUT2D eigenvalue weighted by Gasteiger charge is -2.22. The molecule has 1 aromatic carbocycles. The highest BCUT2D eigenvalue weighted by Gasteiger charge is 2.53. The predicted molar refractivity (Wildman–Crippen MR) is 125 cm³/mol. The highest BCUT2D eigenvalue weighted by Crippen LogP contribution is 2.55. The summed E-state index contributed by atoms with van der Waals surface area (Å²) in [5.74, 6) is 1.27. The van der Waals surface area contributed by atoms with Crippen LogP contribution in [-0.4, -0.2) is 97.6 Å². The zero-order chi connectivity index (χ0) is 22.6. The number of thioether (sulfide) groups is 1. The van der Waals surface area contributed by atoms with Gasteiger partial charge in [-0.25, -0.2) is 0 Å². The molecule has 32 heavy (non-hydrogen) atoms. The number of aliphatic hydroxyl groups is 1. The first-order valence-electron chi connectivity index (χ1n) is 11.5. The molecule has 3 aliphatic rings. The largest absolute Gasteiger partial charge is 0.493 e. The van der Waals surface area contributed by atoms with Crippen molar-refractivity contribution >= 4 is 17.7 Å². The summed E-state index contributed by atoms with van der Waals surface area (Å²) >= 11 is 1.63. The lowest BCUT2D eigenvalue weighted by molar-refractivity contribution is 0.0950. The number of fused-ring (bicyclic) bond motifs is 6. The first-order chi connectivity index (χ1) is 15.5. The molecule has 178 valence electrons. The Morgan fingerprint density at radius 3 is 2.59 bits per heavy atom. The standard InChI is InChI=1S/C23H35N3O5S/c1-29-18-15-17-16-19(21(18)30-2)31-14-5-20-23(28,32-20)6-11-26-10-4-9-25(12-13-26)8-3-7-24-22(17)27/h15-16,20,28H,3-14H2,1-2H3,(H,24,27)/t20-,23-/m1/s1. The van der Waals surface area contributed by atoms with E-state index in [9.17, 15) is 9.90 Å². The first-order valence-corrected chi connectivity index (χ1v) is 12.4. The Kier molecular flexibility index (Phi) is 7.70. The summed E-state index contributed by atoms with van der Waals surface area (Å²) < 4.78 is 16.9. The average molecular weight is 466 g/mol. The fraction of sp³-hybridized carbons (Fsp3) is 0.696. The monoisotopic (exact) mass is 465 g/mol. The maximum absolute atomic E-state index is 12.8. The smallest absolute Gasteiger partial charge is 0.251 e. The Labute approximate surface area is 194 Å². The van der Waals surface area contributed by atoms with Crippen molar-refractivity contribution in [3.63, 3.8) is 0 Å². The van der Waals surface area contributed by atoms with Gasteiger partial charge in [-0.2, -0.15) is 0 Å². The van der Waals surface area contributed by atoms with E-state index in [4.69, 9.17) is 14.2 Å². The van der Waals surface area contributed by atoms with Crippen molar-refractivity contribution < 1.29 is 24.1 Å². The maximum atomic E-state index is 12.8. The molecule has 9 heteroatoms. The highest BCUT2D eigenvalue weighted by atomic mass is 32.2. The number of hydrogen-bond donors (Lipinski definition) is 2. The van der Waals surface area contributed by atoms with E-state index in [2.05, 4.69) is 15.1 Å². The van der Waals surface area contributed by atoms with Crippen molar-refractivity contribution in [1.82, 2.24) is 15.1 Å². The second-order valence-electron chi connectivity index (χ2n) is 8.69. The zero-order valence-corrected chi connectivity index (χ0v) is 19.9. The average Bonchev–Trinajstić information content (AvgIpc) is 3.50. The molecule has 0 radical (unpaired) electrons. The van der Waals surface area contributed by atoms with E-state index in [1.54, 1.807) is 38.1 Å². The van der Waals surface area contributed by atoms with Crippen molar-refractivity contribution in [2.24, 2.45) is 0 Å². The molecule has 2 saturated heterocycles. The number of benzene rings is 1. The molecule has 3 heterocycles. The van der Waals surface area contributed by atoms with Crippen LogP contribution in [0.1, 0.15) is 36.0 Å². The van der Waals surface area contributed by atoms with Gasteiger partial charge in [-0.3, -0.25) is 4.79 Å². The second-order valence-corrected chi connectivity index (χ2v) is 10.2. The minimum absolute atomic E-state index is 0.150. The topological polar surface area (TPSA) is 83.5 Å². The van der Waals surface area contributed by atoms with Crippen LogP contribution in [0.25, 0.3) is 0 Å². The Morgan fingerprint density at radius 1 is 1.09 bits per heavy atom. The third-order valence-corrected chi connectivity index (χ3v) is 8.09. The van der Waals surface area contributed by atoms with Gasteiger partial charge in [-0.05, 0) is 57.5 Å². The van der Waals surface area contributed by atoms with E-state index in [1.165, 1.54) is 0 Å². The van der Waals surface area contributed by atoms with Crippen LogP contribution < -0.4 is 19.5 Å². The lowest BCUT2D eigenvalue weighted by Crippen LogP contribution is -2.34. The van der Waals surface area contributed by atoms with Gasteiger partial charge in [0, 0.05) is 37.0 Å². The van der Waals surface area contributed by atoms with Gasteiger partial charge in [0.15, 0.2) is 11.5 Å². The Balaban J connectivity index is 1.50. The first kappa shape index (κ1) is 23.5. The molecule has 0 spiro atoms. The van der Waals surface area contributed by atoms with Crippen molar-refractivity contribution in [2.45, 2.75) is 35.9 Å². The van der Waals surface area contributed by atoms with Crippen LogP contribution >= 0.6 is 11.8 Å². The van der Waals surface area contributed by atoms with E-state index < -0.39 is 4.93 Å². The normalized spacial score (nSPS) is 31.6. The summed E-state index contributed by atoms with van der Waals surface area (Å²) in [6, 6.07) is 3.39. The van der Waals surface area contributed by atoms with E-state index in [-0.39, 0.29) is 11.2 Å². The molecule has 3 aliphatic heterocycles. The van der Waals surface area contributed by atoms with Crippen LogP contribution in [0.5, 0.6) is 17.2 Å². The number of rotatable bonds is 2. The van der Waals surface area contributed by atoms with Gasteiger partial charge in [-0.1, -0.05) is 0 Å². The zero-order valence-electron chi connectivity index (χ0n) is 19.1. The summed E-state index contributed by atoms with van der Waals surface area (Å²) in [6.07, 6.45) is 3.56. The molecular formula is C23H35N3O5S. The molecule has 8 nitrogen and oxygen atoms in total. The van der Waals surface area contributed by atoms with Crippen molar-refractivity contribution in [3.8, 4) is 17.2 Å². The van der Waals surface area contributed by atoms with Gasteiger partial charge in [0.2, 0.25) is 5.75 Å². The Hall–Kier alpha value is -1.68. The predicted octanol–water partition coefficient (Wildman–Crippen LogP) is 1.81. The number of methoxy groups -OCH3 is 2. The molecule has 0 saturated carbocycles. The van der Waals surface area contributed by atoms with Gasteiger partial charge < -0.3 is 34.4 Å². The van der Waals surface area contributed by atoms with Crippen LogP contribution in [0.3, 0.4) is 0 Å². The van der Waals surface area contributed by atoms with Crippen LogP contribution in [0.2, 0.25) is 0 Å². The molecule has 0 aromatic heterocycles. The molecule has 0 aliphatic carbocycles. The van der Waals surface area contributed by atoms with E-state index >= 15 is 0 Å². The molecular weight excluding hydrogens is 430 g/mol. The molecule has 1 aromatic rings. The minimum atomic E-state index is -0.651. The van der Waals surface area contributed by atoms with Crippen LogP contribution in [0.15, 0.2) is 12.1 Å². The van der Waals surface area contributed by atoms with Crippen molar-refractivity contribution in [2.75, 3.05) is 66.6 Å². The summed E-state index contributed by atoms with van der Waals surface area (Å²) in [5.41, 5.74) is 0.485. The molecule has 4 bridgehead atoms. The summed E-state index contributed by atoms with van der Waals surface area (Å²) in [4.78, 5) is 17.1. The number of carbonyl (C=O) groups excluding carboxylic acids is 1. The number of ether oxygens (including phenoxy) is 3. The number of nitrogens with one attached hydrogen (secondary N) is 1. The third-order valence-electron chi connectivity index (χ3n) is 6.54. The van der Waals surface area contributed by atoms with Gasteiger partial charge >= 0.3 is 0 Å². The van der Waals surface area contributed by atoms with E-state index in [0.29, 0.717) is 36.0 Å². The third kappa shape index (κ3) is 5.62.